The first-order valence-corrected chi connectivity index (χ1v) is 5.16. The molecule has 3 fully saturated rings. The Balaban J connectivity index is 1.62. The van der Waals surface area contributed by atoms with Gasteiger partial charge in [0.05, 0.1) is 13.2 Å². The van der Waals surface area contributed by atoms with E-state index < -0.39 is 0 Å². The van der Waals surface area contributed by atoms with Crippen LogP contribution in [0, 0.1) is 17.8 Å². The molecule has 68 valence electrons. The molecule has 2 nitrogen and oxygen atoms in total. The summed E-state index contributed by atoms with van der Waals surface area (Å²) in [5.74, 6) is 2.61. The summed E-state index contributed by atoms with van der Waals surface area (Å²) >= 11 is 0. The average molecular weight is 168 g/mol. The highest BCUT2D eigenvalue weighted by Crippen LogP contribution is 2.44. The minimum Gasteiger partial charge on any atom is -0.352 e. The third kappa shape index (κ3) is 1.17. The van der Waals surface area contributed by atoms with Crippen molar-refractivity contribution >= 4 is 0 Å². The summed E-state index contributed by atoms with van der Waals surface area (Å²) in [6.45, 7) is 1.89. The third-order valence-electron chi connectivity index (χ3n) is 3.50. The number of rotatable bonds is 2. The Morgan fingerprint density at radius 3 is 2.83 bits per heavy atom. The van der Waals surface area contributed by atoms with Gasteiger partial charge in [-0.3, -0.25) is 0 Å². The lowest BCUT2D eigenvalue weighted by atomic mass is 9.89. The predicted octanol–water partition coefficient (Wildman–Crippen LogP) is 1.80. The van der Waals surface area contributed by atoms with Gasteiger partial charge in [0.1, 0.15) is 0 Å². The van der Waals surface area contributed by atoms with Gasteiger partial charge in [0.25, 0.3) is 0 Å². The smallest absolute Gasteiger partial charge is 0.160 e. The topological polar surface area (TPSA) is 18.5 Å². The average Bonchev–Trinajstić information content (AvgIpc) is 2.63. The van der Waals surface area contributed by atoms with E-state index >= 15 is 0 Å². The van der Waals surface area contributed by atoms with Gasteiger partial charge < -0.3 is 9.47 Å². The molecule has 0 radical (unpaired) electrons. The summed E-state index contributed by atoms with van der Waals surface area (Å²) in [4.78, 5) is 0. The lowest BCUT2D eigenvalue weighted by Crippen LogP contribution is -2.15. The molecule has 1 saturated carbocycles. The van der Waals surface area contributed by atoms with Crippen molar-refractivity contribution in [1.29, 1.82) is 0 Å². The Labute approximate surface area is 73.2 Å². The van der Waals surface area contributed by atoms with Gasteiger partial charge in [-0.05, 0) is 24.7 Å². The van der Waals surface area contributed by atoms with E-state index in [1.54, 1.807) is 0 Å². The van der Waals surface area contributed by atoms with E-state index in [2.05, 4.69) is 0 Å². The quantitative estimate of drug-likeness (QED) is 0.626. The van der Waals surface area contributed by atoms with Crippen LogP contribution in [0.1, 0.15) is 25.7 Å². The Hall–Kier alpha value is -0.0800. The van der Waals surface area contributed by atoms with E-state index in [1.165, 1.54) is 25.7 Å². The van der Waals surface area contributed by atoms with Gasteiger partial charge in [0.2, 0.25) is 0 Å². The highest BCUT2D eigenvalue weighted by molar-refractivity contribution is 4.87. The van der Waals surface area contributed by atoms with Gasteiger partial charge in [0.15, 0.2) is 6.29 Å². The first kappa shape index (κ1) is 7.34. The highest BCUT2D eigenvalue weighted by Gasteiger charge is 2.43. The second-order valence-electron chi connectivity index (χ2n) is 4.46. The van der Waals surface area contributed by atoms with Crippen molar-refractivity contribution in [1.82, 2.24) is 0 Å². The SMILES string of the molecule is C1CC2C(CC3CC3)COC2O1. The van der Waals surface area contributed by atoms with E-state index in [4.69, 9.17) is 9.47 Å². The first-order valence-electron chi connectivity index (χ1n) is 5.16. The molecule has 0 spiro atoms. The molecule has 0 aromatic heterocycles. The second-order valence-corrected chi connectivity index (χ2v) is 4.46. The monoisotopic (exact) mass is 168 g/mol. The van der Waals surface area contributed by atoms with Crippen molar-refractivity contribution in [2.75, 3.05) is 13.2 Å². The first-order chi connectivity index (χ1) is 5.93. The number of fused-ring (bicyclic) bond motifs is 1. The molecule has 2 saturated heterocycles. The summed E-state index contributed by atoms with van der Waals surface area (Å²) in [7, 11) is 0. The molecule has 2 heteroatoms. The van der Waals surface area contributed by atoms with Crippen molar-refractivity contribution in [3.63, 3.8) is 0 Å². The Morgan fingerprint density at radius 2 is 2.00 bits per heavy atom. The molecule has 3 atom stereocenters. The number of hydrogen-bond acceptors (Lipinski definition) is 2. The van der Waals surface area contributed by atoms with Crippen molar-refractivity contribution in [2.24, 2.45) is 17.8 Å². The molecule has 0 N–H and O–H groups in total. The summed E-state index contributed by atoms with van der Waals surface area (Å²) in [5.41, 5.74) is 0. The van der Waals surface area contributed by atoms with E-state index in [-0.39, 0.29) is 6.29 Å². The standard InChI is InChI=1S/C10H16O2/c1-2-7(1)5-8-6-12-10-9(8)3-4-11-10/h7-10H,1-6H2. The normalized spacial score (nSPS) is 46.5. The summed E-state index contributed by atoms with van der Waals surface area (Å²) in [5, 5.41) is 0. The largest absolute Gasteiger partial charge is 0.352 e. The molecule has 2 aliphatic heterocycles. The van der Waals surface area contributed by atoms with Gasteiger partial charge in [-0.1, -0.05) is 12.8 Å². The van der Waals surface area contributed by atoms with Crippen molar-refractivity contribution in [2.45, 2.75) is 32.0 Å². The van der Waals surface area contributed by atoms with Gasteiger partial charge in [-0.15, -0.1) is 0 Å². The van der Waals surface area contributed by atoms with Crippen LogP contribution < -0.4 is 0 Å². The maximum absolute atomic E-state index is 5.60. The van der Waals surface area contributed by atoms with E-state index in [1.807, 2.05) is 0 Å². The zero-order chi connectivity index (χ0) is 7.97. The lowest BCUT2D eigenvalue weighted by molar-refractivity contribution is -0.0905. The summed E-state index contributed by atoms with van der Waals surface area (Å²) < 4.78 is 11.1. The Bertz CT molecular complexity index is 177. The van der Waals surface area contributed by atoms with Gasteiger partial charge in [-0.2, -0.15) is 0 Å². The van der Waals surface area contributed by atoms with Crippen LogP contribution >= 0.6 is 0 Å². The van der Waals surface area contributed by atoms with Crippen LogP contribution in [-0.2, 0) is 9.47 Å². The fraction of sp³-hybridized carbons (Fsp3) is 1.00. The van der Waals surface area contributed by atoms with Crippen LogP contribution in [0.25, 0.3) is 0 Å². The van der Waals surface area contributed by atoms with Gasteiger partial charge >= 0.3 is 0 Å². The molecule has 3 rings (SSSR count). The maximum atomic E-state index is 5.60. The Morgan fingerprint density at radius 1 is 1.08 bits per heavy atom. The zero-order valence-corrected chi connectivity index (χ0v) is 7.37. The lowest BCUT2D eigenvalue weighted by Gasteiger charge is -2.13. The summed E-state index contributed by atoms with van der Waals surface area (Å²) in [6.07, 6.45) is 5.75. The van der Waals surface area contributed by atoms with Crippen LogP contribution in [0.3, 0.4) is 0 Å². The molecule has 0 bridgehead atoms. The third-order valence-corrected chi connectivity index (χ3v) is 3.50. The highest BCUT2D eigenvalue weighted by atomic mass is 16.7. The van der Waals surface area contributed by atoms with Crippen molar-refractivity contribution in [3.05, 3.63) is 0 Å². The van der Waals surface area contributed by atoms with Crippen LogP contribution in [0.2, 0.25) is 0 Å². The van der Waals surface area contributed by atoms with Crippen LogP contribution in [0.15, 0.2) is 0 Å². The fourth-order valence-corrected chi connectivity index (χ4v) is 2.58. The van der Waals surface area contributed by atoms with Crippen LogP contribution in [-0.4, -0.2) is 19.5 Å². The molecule has 0 amide bonds. The van der Waals surface area contributed by atoms with Crippen LogP contribution in [0.5, 0.6) is 0 Å². The number of ether oxygens (including phenoxy) is 2. The molecule has 0 aromatic rings. The van der Waals surface area contributed by atoms with Gasteiger partial charge in [-0.25, -0.2) is 0 Å². The maximum Gasteiger partial charge on any atom is 0.160 e. The molecule has 3 aliphatic rings. The van der Waals surface area contributed by atoms with Crippen LogP contribution in [0.4, 0.5) is 0 Å². The van der Waals surface area contributed by atoms with E-state index in [0.29, 0.717) is 0 Å². The molecule has 0 aromatic carbocycles. The molecule has 2 heterocycles. The molecule has 1 aliphatic carbocycles. The molecular weight excluding hydrogens is 152 g/mol. The van der Waals surface area contributed by atoms with Crippen molar-refractivity contribution in [3.8, 4) is 0 Å². The Kier molecular flexibility index (Phi) is 1.66. The molecular formula is C10H16O2. The van der Waals surface area contributed by atoms with E-state index in [9.17, 15) is 0 Å². The minimum atomic E-state index is 0.175. The predicted molar refractivity (Wildman–Crippen MR) is 44.6 cm³/mol. The fourth-order valence-electron chi connectivity index (χ4n) is 2.58. The molecule has 3 unspecified atom stereocenters. The van der Waals surface area contributed by atoms with Gasteiger partial charge in [0, 0.05) is 5.92 Å². The number of hydrogen-bond donors (Lipinski definition) is 0. The van der Waals surface area contributed by atoms with E-state index in [0.717, 1.165) is 31.0 Å². The zero-order valence-electron chi connectivity index (χ0n) is 7.37. The molecule has 12 heavy (non-hydrogen) atoms. The minimum absolute atomic E-state index is 0.175. The van der Waals surface area contributed by atoms with Crippen molar-refractivity contribution < 1.29 is 9.47 Å². The second kappa shape index (κ2) is 2.71. The summed E-state index contributed by atoms with van der Waals surface area (Å²) in [6, 6.07) is 0.